The van der Waals surface area contributed by atoms with Crippen LogP contribution in [-0.2, 0) is 19.3 Å². The first kappa shape index (κ1) is 24.5. The number of aromatic carboxylic acids is 1. The smallest absolute Gasteiger partial charge is 0.335 e. The first-order valence-electron chi connectivity index (χ1n) is 12.5. The number of carbonyl (C=O) groups excluding carboxylic acids is 1. The number of rotatable bonds is 7. The Kier molecular flexibility index (Phi) is 6.69. The van der Waals surface area contributed by atoms with Crippen molar-refractivity contribution in [3.05, 3.63) is 64.3 Å². The van der Waals surface area contributed by atoms with E-state index in [0.717, 1.165) is 48.1 Å². The lowest BCUT2D eigenvalue weighted by Gasteiger charge is -2.23. The van der Waals surface area contributed by atoms with Gasteiger partial charge in [0.25, 0.3) is 5.91 Å². The van der Waals surface area contributed by atoms with Crippen molar-refractivity contribution < 1.29 is 24.2 Å². The van der Waals surface area contributed by atoms with Crippen LogP contribution in [0, 0.1) is 0 Å². The van der Waals surface area contributed by atoms with Gasteiger partial charge in [-0.15, -0.1) is 0 Å². The summed E-state index contributed by atoms with van der Waals surface area (Å²) >= 11 is 0. The lowest BCUT2D eigenvalue weighted by atomic mass is 9.87. The highest BCUT2D eigenvalue weighted by Crippen LogP contribution is 2.39. The quantitative estimate of drug-likeness (QED) is 0.506. The molecule has 0 atom stereocenters. The van der Waals surface area contributed by atoms with Crippen molar-refractivity contribution in [2.45, 2.75) is 39.0 Å². The highest BCUT2D eigenvalue weighted by Gasteiger charge is 2.31. The minimum Gasteiger partial charge on any atom is -0.493 e. The summed E-state index contributed by atoms with van der Waals surface area (Å²) < 4.78 is 11.4. The summed E-state index contributed by atoms with van der Waals surface area (Å²) in [5, 5.41) is 9.54. The van der Waals surface area contributed by atoms with E-state index in [1.54, 1.807) is 43.5 Å². The first-order chi connectivity index (χ1) is 17.9. The molecule has 0 saturated carbocycles. The van der Waals surface area contributed by atoms with Gasteiger partial charge in [-0.05, 0) is 73.6 Å². The Hall–Kier alpha value is -4.14. The minimum atomic E-state index is -0.896. The summed E-state index contributed by atoms with van der Waals surface area (Å²) in [4.78, 5) is 37.8. The maximum Gasteiger partial charge on any atom is 0.335 e. The average molecular weight is 503 g/mol. The number of carbonyl (C=O) groups is 2. The Morgan fingerprint density at radius 3 is 2.62 bits per heavy atom. The summed E-state index contributed by atoms with van der Waals surface area (Å²) in [6.45, 7) is 2.96. The highest BCUT2D eigenvalue weighted by molar-refractivity contribution is 6.12. The number of anilines is 3. The molecule has 0 radical (unpaired) electrons. The standard InChI is InChI=1S/C28H30N4O5/c1-4-32-25-21(27(33)31(2)22-10-12-24(36-3)30-26(22)32)15-17(16-29-25)13-14-37-23-11-9-20(28(34)35)18-7-5-6-8-19(18)23/h9-12,15-16H,4-8,13-14H2,1-3H3,(H,34,35). The zero-order valence-electron chi connectivity index (χ0n) is 21.3. The number of amides is 1. The van der Waals surface area contributed by atoms with Crippen molar-refractivity contribution in [1.29, 1.82) is 0 Å². The largest absolute Gasteiger partial charge is 0.493 e. The van der Waals surface area contributed by atoms with Gasteiger partial charge in [0.15, 0.2) is 5.82 Å². The second-order valence-electron chi connectivity index (χ2n) is 9.20. The number of nitrogens with zero attached hydrogens (tertiary/aromatic N) is 4. The fourth-order valence-electron chi connectivity index (χ4n) is 5.15. The molecule has 2 aliphatic rings. The van der Waals surface area contributed by atoms with E-state index < -0.39 is 5.97 Å². The molecule has 3 heterocycles. The number of pyridine rings is 2. The number of hydrogen-bond acceptors (Lipinski definition) is 7. The number of hydrogen-bond donors (Lipinski definition) is 1. The predicted molar refractivity (Wildman–Crippen MR) is 140 cm³/mol. The summed E-state index contributed by atoms with van der Waals surface area (Å²) in [7, 11) is 3.30. The van der Waals surface area contributed by atoms with Crippen LogP contribution in [0.4, 0.5) is 17.3 Å². The molecule has 5 rings (SSSR count). The summed E-state index contributed by atoms with van der Waals surface area (Å²) in [6.07, 6.45) is 5.91. The minimum absolute atomic E-state index is 0.159. The van der Waals surface area contributed by atoms with Crippen molar-refractivity contribution in [3.63, 3.8) is 0 Å². The molecule has 1 aromatic carbocycles. The number of carboxylic acid groups (broad SMARTS) is 1. The molecule has 192 valence electrons. The molecule has 2 aromatic heterocycles. The number of aromatic nitrogens is 2. The number of carboxylic acids is 1. The predicted octanol–water partition coefficient (Wildman–Crippen LogP) is 4.43. The highest BCUT2D eigenvalue weighted by atomic mass is 16.5. The molecule has 0 saturated heterocycles. The lowest BCUT2D eigenvalue weighted by Crippen LogP contribution is -2.25. The van der Waals surface area contributed by atoms with Crippen molar-refractivity contribution in [3.8, 4) is 11.6 Å². The van der Waals surface area contributed by atoms with E-state index in [9.17, 15) is 14.7 Å². The first-order valence-corrected chi connectivity index (χ1v) is 12.5. The van der Waals surface area contributed by atoms with Crippen LogP contribution in [0.25, 0.3) is 0 Å². The fraction of sp³-hybridized carbons (Fsp3) is 0.357. The molecule has 0 fully saturated rings. The van der Waals surface area contributed by atoms with E-state index in [2.05, 4.69) is 9.97 Å². The third kappa shape index (κ3) is 4.45. The third-order valence-corrected chi connectivity index (χ3v) is 7.06. The van der Waals surface area contributed by atoms with Gasteiger partial charge in [0.05, 0.1) is 30.5 Å². The Labute approximate surface area is 215 Å². The zero-order valence-corrected chi connectivity index (χ0v) is 21.3. The van der Waals surface area contributed by atoms with Crippen molar-refractivity contribution in [2.24, 2.45) is 0 Å². The van der Waals surface area contributed by atoms with Gasteiger partial charge >= 0.3 is 5.97 Å². The molecular weight excluding hydrogens is 472 g/mol. The van der Waals surface area contributed by atoms with Gasteiger partial charge in [-0.1, -0.05) is 0 Å². The Morgan fingerprint density at radius 1 is 1.11 bits per heavy atom. The summed E-state index contributed by atoms with van der Waals surface area (Å²) in [6, 6.07) is 8.85. The molecule has 0 bridgehead atoms. The summed E-state index contributed by atoms with van der Waals surface area (Å²) in [5.74, 6) is 1.33. The molecule has 3 aromatic rings. The molecule has 1 aliphatic heterocycles. The Balaban J connectivity index is 1.39. The van der Waals surface area contributed by atoms with Gasteiger partial charge < -0.3 is 24.4 Å². The molecule has 37 heavy (non-hydrogen) atoms. The molecule has 0 spiro atoms. The summed E-state index contributed by atoms with van der Waals surface area (Å²) in [5.41, 5.74) is 4.33. The number of benzene rings is 1. The molecule has 1 aliphatic carbocycles. The normalized spacial score (nSPS) is 14.4. The Morgan fingerprint density at radius 2 is 1.89 bits per heavy atom. The van der Waals surface area contributed by atoms with Crippen LogP contribution in [0.2, 0.25) is 0 Å². The monoisotopic (exact) mass is 502 g/mol. The van der Waals surface area contributed by atoms with Crippen LogP contribution in [-0.4, -0.2) is 54.3 Å². The maximum atomic E-state index is 13.4. The fourth-order valence-corrected chi connectivity index (χ4v) is 5.15. The molecule has 9 heteroatoms. The van der Waals surface area contributed by atoms with Crippen LogP contribution in [0.15, 0.2) is 36.5 Å². The van der Waals surface area contributed by atoms with Crippen LogP contribution >= 0.6 is 0 Å². The van der Waals surface area contributed by atoms with Crippen LogP contribution in [0.1, 0.15) is 57.2 Å². The van der Waals surface area contributed by atoms with Crippen LogP contribution in [0.3, 0.4) is 0 Å². The molecular formula is C28H30N4O5. The van der Waals surface area contributed by atoms with E-state index in [0.29, 0.717) is 53.9 Å². The number of fused-ring (bicyclic) bond motifs is 3. The van der Waals surface area contributed by atoms with E-state index in [4.69, 9.17) is 9.47 Å². The number of ether oxygens (including phenoxy) is 2. The van der Waals surface area contributed by atoms with Gasteiger partial charge in [0, 0.05) is 32.3 Å². The van der Waals surface area contributed by atoms with Crippen molar-refractivity contribution in [1.82, 2.24) is 9.97 Å². The van der Waals surface area contributed by atoms with E-state index in [-0.39, 0.29) is 5.91 Å². The molecule has 1 N–H and O–H groups in total. The van der Waals surface area contributed by atoms with E-state index in [1.807, 2.05) is 24.0 Å². The van der Waals surface area contributed by atoms with Gasteiger partial charge in [-0.2, -0.15) is 4.98 Å². The Bertz CT molecular complexity index is 1370. The third-order valence-electron chi connectivity index (χ3n) is 7.06. The lowest BCUT2D eigenvalue weighted by molar-refractivity contribution is 0.0695. The molecule has 0 unspecified atom stereocenters. The van der Waals surface area contributed by atoms with Gasteiger partial charge in [0.1, 0.15) is 11.6 Å². The molecule has 9 nitrogen and oxygen atoms in total. The van der Waals surface area contributed by atoms with E-state index >= 15 is 0 Å². The van der Waals surface area contributed by atoms with Crippen molar-refractivity contribution >= 4 is 29.2 Å². The zero-order chi connectivity index (χ0) is 26.1. The topological polar surface area (TPSA) is 105 Å². The maximum absolute atomic E-state index is 13.4. The second kappa shape index (κ2) is 10.1. The SMILES string of the molecule is CCN1c2ncc(CCOc3ccc(C(=O)O)c4c3CCCC4)cc2C(=O)N(C)c2ccc(OC)nc21. The number of methoxy groups -OCH3 is 1. The van der Waals surface area contributed by atoms with Gasteiger partial charge in [0.2, 0.25) is 5.88 Å². The van der Waals surface area contributed by atoms with Crippen molar-refractivity contribution in [2.75, 3.05) is 37.1 Å². The van der Waals surface area contributed by atoms with Crippen LogP contribution < -0.4 is 19.3 Å². The van der Waals surface area contributed by atoms with E-state index in [1.165, 1.54) is 0 Å². The average Bonchev–Trinajstić information content (AvgIpc) is 3.00. The van der Waals surface area contributed by atoms with Gasteiger partial charge in [-0.25, -0.2) is 9.78 Å². The van der Waals surface area contributed by atoms with Gasteiger partial charge in [-0.3, -0.25) is 4.79 Å². The molecule has 1 amide bonds. The van der Waals surface area contributed by atoms with Crippen LogP contribution in [0.5, 0.6) is 11.6 Å². The second-order valence-corrected chi connectivity index (χ2v) is 9.20.